The Hall–Kier alpha value is -2.10. The number of aromatic nitrogens is 1. The van der Waals surface area contributed by atoms with Gasteiger partial charge >= 0.3 is 0 Å². The number of nitrogens with zero attached hydrogens (tertiary/aromatic N) is 1. The van der Waals surface area contributed by atoms with E-state index in [1.54, 1.807) is 12.1 Å². The number of nitrogens with one attached hydrogen (secondary N) is 2. The zero-order chi connectivity index (χ0) is 13.5. The predicted octanol–water partition coefficient (Wildman–Crippen LogP) is 3.31. The highest BCUT2D eigenvalue weighted by Gasteiger charge is 2.01. The van der Waals surface area contributed by atoms with Crippen molar-refractivity contribution in [1.82, 2.24) is 4.98 Å². The van der Waals surface area contributed by atoms with Crippen molar-refractivity contribution in [3.63, 3.8) is 0 Å². The summed E-state index contributed by atoms with van der Waals surface area (Å²) in [7, 11) is 0. The van der Waals surface area contributed by atoms with Crippen molar-refractivity contribution in [1.29, 1.82) is 0 Å². The largest absolute Gasteiger partial charge is 0.370 e. The second kappa shape index (κ2) is 6.73. The highest BCUT2D eigenvalue weighted by Crippen LogP contribution is 2.10. The summed E-state index contributed by atoms with van der Waals surface area (Å²) in [5.41, 5.74) is 0.720. The van der Waals surface area contributed by atoms with Crippen LogP contribution in [0.5, 0.6) is 0 Å². The summed E-state index contributed by atoms with van der Waals surface area (Å²) < 4.78 is 13.4. The first-order chi connectivity index (χ1) is 9.29. The molecule has 0 atom stereocenters. The summed E-state index contributed by atoms with van der Waals surface area (Å²) in [5.74, 6) is 1.49. The Bertz CT molecular complexity index is 528. The van der Waals surface area contributed by atoms with Crippen molar-refractivity contribution >= 4 is 11.6 Å². The molecule has 1 aromatic carbocycles. The molecule has 100 valence electrons. The molecule has 0 unspecified atom stereocenters. The minimum absolute atomic E-state index is 0.154. The van der Waals surface area contributed by atoms with E-state index in [4.69, 9.17) is 0 Å². The first kappa shape index (κ1) is 13.3. The lowest BCUT2D eigenvalue weighted by Gasteiger charge is -2.08. The van der Waals surface area contributed by atoms with E-state index in [-0.39, 0.29) is 5.82 Å². The van der Waals surface area contributed by atoms with Gasteiger partial charge in [0, 0.05) is 13.1 Å². The van der Waals surface area contributed by atoms with Gasteiger partial charge in [-0.15, -0.1) is 0 Å². The topological polar surface area (TPSA) is 37.0 Å². The second-order valence-electron chi connectivity index (χ2n) is 4.21. The molecule has 4 heteroatoms. The molecular formula is C15H18FN3. The number of anilines is 2. The van der Waals surface area contributed by atoms with Gasteiger partial charge < -0.3 is 10.6 Å². The third kappa shape index (κ3) is 3.95. The zero-order valence-electron chi connectivity index (χ0n) is 11.0. The summed E-state index contributed by atoms with van der Waals surface area (Å²) >= 11 is 0. The normalized spacial score (nSPS) is 10.2. The Kier molecular flexibility index (Phi) is 4.72. The van der Waals surface area contributed by atoms with Gasteiger partial charge in [0.15, 0.2) is 0 Å². The van der Waals surface area contributed by atoms with E-state index in [0.717, 1.165) is 23.7 Å². The first-order valence-corrected chi connectivity index (χ1v) is 6.48. The second-order valence-corrected chi connectivity index (χ2v) is 4.21. The highest BCUT2D eigenvalue weighted by atomic mass is 19.1. The van der Waals surface area contributed by atoms with Crippen molar-refractivity contribution in [3.8, 4) is 0 Å². The van der Waals surface area contributed by atoms with Gasteiger partial charge in [-0.05, 0) is 37.1 Å². The predicted molar refractivity (Wildman–Crippen MR) is 77.0 cm³/mol. The van der Waals surface area contributed by atoms with Crippen LogP contribution in [0.2, 0.25) is 0 Å². The van der Waals surface area contributed by atoms with Crippen LogP contribution in [0.4, 0.5) is 16.0 Å². The van der Waals surface area contributed by atoms with Crippen LogP contribution in [0.25, 0.3) is 0 Å². The number of hydrogen-bond acceptors (Lipinski definition) is 3. The van der Waals surface area contributed by atoms with Gasteiger partial charge in [0.05, 0.1) is 0 Å². The Labute approximate surface area is 112 Å². The van der Waals surface area contributed by atoms with Gasteiger partial charge in [0.1, 0.15) is 17.5 Å². The number of pyridine rings is 1. The van der Waals surface area contributed by atoms with Gasteiger partial charge in [-0.1, -0.05) is 24.3 Å². The zero-order valence-corrected chi connectivity index (χ0v) is 11.0. The molecule has 1 aromatic heterocycles. The summed E-state index contributed by atoms with van der Waals surface area (Å²) in [6, 6.07) is 12.6. The molecule has 3 nitrogen and oxygen atoms in total. The van der Waals surface area contributed by atoms with E-state index in [1.807, 2.05) is 31.2 Å². The number of rotatable bonds is 6. The third-order valence-electron chi connectivity index (χ3n) is 2.77. The van der Waals surface area contributed by atoms with Gasteiger partial charge in [0.25, 0.3) is 0 Å². The molecule has 0 aliphatic heterocycles. The molecular weight excluding hydrogens is 241 g/mol. The Morgan fingerprint density at radius 3 is 2.47 bits per heavy atom. The standard InChI is InChI=1S/C15H18FN3/c1-2-17-14-8-5-9-15(19-14)18-11-10-12-6-3-4-7-13(12)16/h3-9H,2,10-11H2,1H3,(H2,17,18,19). The molecule has 2 rings (SSSR count). The number of benzene rings is 1. The average Bonchev–Trinajstić information content (AvgIpc) is 2.42. The molecule has 19 heavy (non-hydrogen) atoms. The lowest BCUT2D eigenvalue weighted by Crippen LogP contribution is -2.08. The fourth-order valence-electron chi connectivity index (χ4n) is 1.84. The number of halogens is 1. The minimum atomic E-state index is -0.154. The molecule has 0 fully saturated rings. The van der Waals surface area contributed by atoms with Crippen molar-refractivity contribution in [2.24, 2.45) is 0 Å². The Morgan fingerprint density at radius 1 is 1.00 bits per heavy atom. The fourth-order valence-corrected chi connectivity index (χ4v) is 1.84. The molecule has 0 spiro atoms. The Morgan fingerprint density at radius 2 is 1.74 bits per heavy atom. The monoisotopic (exact) mass is 259 g/mol. The molecule has 0 amide bonds. The van der Waals surface area contributed by atoms with Crippen LogP contribution in [0.15, 0.2) is 42.5 Å². The molecule has 0 saturated carbocycles. The summed E-state index contributed by atoms with van der Waals surface area (Å²) in [6.07, 6.45) is 0.639. The average molecular weight is 259 g/mol. The van der Waals surface area contributed by atoms with Crippen LogP contribution in [0.1, 0.15) is 12.5 Å². The fraction of sp³-hybridized carbons (Fsp3) is 0.267. The van der Waals surface area contributed by atoms with E-state index in [0.29, 0.717) is 13.0 Å². The van der Waals surface area contributed by atoms with Crippen LogP contribution >= 0.6 is 0 Å². The molecule has 0 aliphatic carbocycles. The number of hydrogen-bond donors (Lipinski definition) is 2. The van der Waals surface area contributed by atoms with Gasteiger partial charge in [-0.2, -0.15) is 0 Å². The van der Waals surface area contributed by atoms with Gasteiger partial charge in [-0.25, -0.2) is 9.37 Å². The summed E-state index contributed by atoms with van der Waals surface area (Å²) in [6.45, 7) is 3.52. The van der Waals surface area contributed by atoms with Crippen LogP contribution in [0, 0.1) is 5.82 Å². The summed E-state index contributed by atoms with van der Waals surface area (Å²) in [5, 5.41) is 6.36. The molecule has 2 aromatic rings. The van der Waals surface area contributed by atoms with Gasteiger partial charge in [0.2, 0.25) is 0 Å². The molecule has 0 saturated heterocycles. The van der Waals surface area contributed by atoms with Gasteiger partial charge in [-0.3, -0.25) is 0 Å². The van der Waals surface area contributed by atoms with E-state index in [1.165, 1.54) is 6.07 Å². The maximum atomic E-state index is 13.4. The molecule has 2 N–H and O–H groups in total. The van der Waals surface area contributed by atoms with Crippen LogP contribution in [-0.2, 0) is 6.42 Å². The molecule has 1 heterocycles. The molecule has 0 aliphatic rings. The Balaban J connectivity index is 1.89. The van der Waals surface area contributed by atoms with Crippen molar-refractivity contribution in [2.75, 3.05) is 23.7 Å². The van der Waals surface area contributed by atoms with E-state index in [2.05, 4.69) is 15.6 Å². The smallest absolute Gasteiger partial charge is 0.128 e. The van der Waals surface area contributed by atoms with Crippen molar-refractivity contribution < 1.29 is 4.39 Å². The van der Waals surface area contributed by atoms with E-state index in [9.17, 15) is 4.39 Å². The molecule has 0 radical (unpaired) electrons. The lowest BCUT2D eigenvalue weighted by molar-refractivity contribution is 0.610. The van der Waals surface area contributed by atoms with E-state index >= 15 is 0 Å². The lowest BCUT2D eigenvalue weighted by atomic mass is 10.1. The third-order valence-corrected chi connectivity index (χ3v) is 2.77. The quantitative estimate of drug-likeness (QED) is 0.835. The summed E-state index contributed by atoms with van der Waals surface area (Å²) in [4.78, 5) is 4.40. The van der Waals surface area contributed by atoms with Crippen molar-refractivity contribution in [2.45, 2.75) is 13.3 Å². The molecule has 0 bridgehead atoms. The minimum Gasteiger partial charge on any atom is -0.370 e. The van der Waals surface area contributed by atoms with Crippen LogP contribution in [-0.4, -0.2) is 18.1 Å². The first-order valence-electron chi connectivity index (χ1n) is 6.48. The van der Waals surface area contributed by atoms with Crippen molar-refractivity contribution in [3.05, 3.63) is 53.8 Å². The SMILES string of the molecule is CCNc1cccc(NCCc2ccccc2F)n1. The maximum absolute atomic E-state index is 13.4. The van der Waals surface area contributed by atoms with Crippen LogP contribution in [0.3, 0.4) is 0 Å². The maximum Gasteiger partial charge on any atom is 0.128 e. The van der Waals surface area contributed by atoms with E-state index < -0.39 is 0 Å². The van der Waals surface area contributed by atoms with Crippen LogP contribution < -0.4 is 10.6 Å². The highest BCUT2D eigenvalue weighted by molar-refractivity contribution is 5.45.